The van der Waals surface area contributed by atoms with Gasteiger partial charge in [-0.2, -0.15) is 9.97 Å². The summed E-state index contributed by atoms with van der Waals surface area (Å²) in [5, 5.41) is 0.356. The highest BCUT2D eigenvalue weighted by Crippen LogP contribution is 2.30. The number of nitrogens with zero attached hydrogens (tertiary/aromatic N) is 2. The van der Waals surface area contributed by atoms with Crippen molar-refractivity contribution in [1.29, 1.82) is 0 Å². The van der Waals surface area contributed by atoms with E-state index in [1.165, 1.54) is 37.4 Å². The molecule has 23 heavy (non-hydrogen) atoms. The van der Waals surface area contributed by atoms with Crippen LogP contribution in [0.15, 0.2) is 11.2 Å². The van der Waals surface area contributed by atoms with Gasteiger partial charge in [0.05, 0.1) is 25.5 Å². The second kappa shape index (κ2) is 11.3. The molecule has 0 amide bonds. The lowest BCUT2D eigenvalue weighted by Gasteiger charge is -2.17. The van der Waals surface area contributed by atoms with E-state index in [0.29, 0.717) is 22.8 Å². The van der Waals surface area contributed by atoms with Crippen LogP contribution in [0.4, 0.5) is 0 Å². The third kappa shape index (κ3) is 7.20. The van der Waals surface area contributed by atoms with Gasteiger partial charge < -0.3 is 14.3 Å². The van der Waals surface area contributed by atoms with Crippen molar-refractivity contribution in [3.05, 3.63) is 6.07 Å². The van der Waals surface area contributed by atoms with Crippen LogP contribution < -0.4 is 9.47 Å². The van der Waals surface area contributed by atoms with Crippen molar-refractivity contribution in [2.75, 3.05) is 14.2 Å². The highest BCUT2D eigenvalue weighted by atomic mass is 32.2. The number of unbranched alkanes of at least 4 members (excludes halogenated alkanes) is 4. The Kier molecular flexibility index (Phi) is 9.67. The van der Waals surface area contributed by atoms with E-state index in [9.17, 15) is 4.79 Å². The second-order valence-electron chi connectivity index (χ2n) is 5.63. The average Bonchev–Trinajstić information content (AvgIpc) is 2.58. The highest BCUT2D eigenvalue weighted by molar-refractivity contribution is 8.00. The Morgan fingerprint density at radius 3 is 2.26 bits per heavy atom. The van der Waals surface area contributed by atoms with E-state index >= 15 is 0 Å². The number of ether oxygens (including phenoxy) is 2. The molecular weight excluding hydrogens is 312 g/mol. The van der Waals surface area contributed by atoms with Crippen LogP contribution in [-0.4, -0.2) is 35.7 Å². The lowest BCUT2D eigenvalue weighted by molar-refractivity contribution is -0.108. The number of carbonyl (C=O) groups is 1. The summed E-state index contributed by atoms with van der Waals surface area (Å²) in [6.45, 7) is 4.33. The van der Waals surface area contributed by atoms with E-state index in [0.717, 1.165) is 19.1 Å². The van der Waals surface area contributed by atoms with Crippen LogP contribution in [0.1, 0.15) is 52.4 Å². The predicted octanol–water partition coefficient (Wildman–Crippen LogP) is 4.15. The topological polar surface area (TPSA) is 61.3 Å². The monoisotopic (exact) mass is 340 g/mol. The van der Waals surface area contributed by atoms with Gasteiger partial charge in [0.2, 0.25) is 11.8 Å². The van der Waals surface area contributed by atoms with Gasteiger partial charge >= 0.3 is 0 Å². The van der Waals surface area contributed by atoms with E-state index < -0.39 is 0 Å². The van der Waals surface area contributed by atoms with E-state index in [4.69, 9.17) is 9.47 Å². The fourth-order valence-corrected chi connectivity index (χ4v) is 3.23. The van der Waals surface area contributed by atoms with Crippen molar-refractivity contribution >= 4 is 18.0 Å². The maximum absolute atomic E-state index is 11.5. The van der Waals surface area contributed by atoms with Crippen LogP contribution in [0.3, 0.4) is 0 Å². The quantitative estimate of drug-likeness (QED) is 0.246. The molecule has 1 heterocycles. The summed E-state index contributed by atoms with van der Waals surface area (Å²) in [7, 11) is 3.10. The van der Waals surface area contributed by atoms with Gasteiger partial charge in [0.15, 0.2) is 5.16 Å². The van der Waals surface area contributed by atoms with Crippen LogP contribution >= 0.6 is 11.8 Å². The van der Waals surface area contributed by atoms with Gasteiger partial charge in [-0.15, -0.1) is 0 Å². The molecule has 2 atom stereocenters. The minimum Gasteiger partial charge on any atom is -0.481 e. The van der Waals surface area contributed by atoms with E-state index in [2.05, 4.69) is 23.8 Å². The van der Waals surface area contributed by atoms with Gasteiger partial charge in [-0.1, -0.05) is 57.7 Å². The Hall–Kier alpha value is -1.30. The summed E-state index contributed by atoms with van der Waals surface area (Å²) in [5.74, 6) is 1.17. The number of methoxy groups -OCH3 is 2. The molecular formula is C17H28N2O3S. The van der Waals surface area contributed by atoms with Gasteiger partial charge in [-0.3, -0.25) is 0 Å². The minimum absolute atomic E-state index is 0.155. The molecule has 0 bridgehead atoms. The molecule has 0 aliphatic rings. The third-order valence-electron chi connectivity index (χ3n) is 3.78. The molecule has 0 saturated heterocycles. The average molecular weight is 340 g/mol. The largest absolute Gasteiger partial charge is 0.481 e. The maximum Gasteiger partial charge on any atom is 0.220 e. The van der Waals surface area contributed by atoms with Gasteiger partial charge in [-0.05, 0) is 12.3 Å². The van der Waals surface area contributed by atoms with Gasteiger partial charge in [0.25, 0.3) is 0 Å². The fraction of sp³-hybridized carbons (Fsp3) is 0.706. The van der Waals surface area contributed by atoms with Gasteiger partial charge in [-0.25, -0.2) is 0 Å². The number of aromatic nitrogens is 2. The van der Waals surface area contributed by atoms with Crippen molar-refractivity contribution in [2.24, 2.45) is 5.92 Å². The standard InChI is InChI=1S/C17H28N2O3S/c1-5-6-7-8-9-10-13(2)14(12-20)23-17-18-15(21-3)11-16(19-17)22-4/h11-14H,5-10H2,1-4H3. The molecule has 0 N–H and O–H groups in total. The van der Waals surface area contributed by atoms with Gasteiger partial charge in [0.1, 0.15) is 6.29 Å². The molecule has 2 unspecified atom stereocenters. The second-order valence-corrected chi connectivity index (χ2v) is 6.78. The first-order valence-corrected chi connectivity index (χ1v) is 9.11. The van der Waals surface area contributed by atoms with Crippen molar-refractivity contribution < 1.29 is 14.3 Å². The molecule has 0 spiro atoms. The Labute approximate surface area is 143 Å². The zero-order valence-electron chi connectivity index (χ0n) is 14.6. The van der Waals surface area contributed by atoms with Crippen LogP contribution in [0.5, 0.6) is 11.8 Å². The predicted molar refractivity (Wildman–Crippen MR) is 93.4 cm³/mol. The van der Waals surface area contributed by atoms with Crippen LogP contribution in [0.2, 0.25) is 0 Å². The lowest BCUT2D eigenvalue weighted by Crippen LogP contribution is -2.16. The number of hydrogen-bond acceptors (Lipinski definition) is 6. The number of hydrogen-bond donors (Lipinski definition) is 0. The molecule has 130 valence electrons. The molecule has 0 radical (unpaired) electrons. The summed E-state index contributed by atoms with van der Waals surface area (Å²) >= 11 is 1.37. The van der Waals surface area contributed by atoms with Crippen molar-refractivity contribution in [1.82, 2.24) is 9.97 Å². The Balaban J connectivity index is 2.59. The third-order valence-corrected chi connectivity index (χ3v) is 5.02. The summed E-state index contributed by atoms with van der Waals surface area (Å²) in [6, 6.07) is 1.62. The SMILES string of the molecule is CCCCCCCC(C)C(C=O)Sc1nc(OC)cc(OC)n1. The number of rotatable bonds is 12. The molecule has 0 aromatic carbocycles. The van der Waals surface area contributed by atoms with E-state index in [-0.39, 0.29) is 5.25 Å². The van der Waals surface area contributed by atoms with Crippen molar-refractivity contribution in [3.8, 4) is 11.8 Å². The zero-order valence-corrected chi connectivity index (χ0v) is 15.4. The molecule has 0 aliphatic heterocycles. The Morgan fingerprint density at radius 1 is 1.13 bits per heavy atom. The smallest absolute Gasteiger partial charge is 0.220 e. The molecule has 5 nitrogen and oxygen atoms in total. The molecule has 0 aliphatic carbocycles. The minimum atomic E-state index is -0.155. The summed E-state index contributed by atoms with van der Waals surface area (Å²) in [5.41, 5.74) is 0. The number of thioether (sulfide) groups is 1. The Bertz CT molecular complexity index is 449. The number of carbonyl (C=O) groups excluding carboxylic acids is 1. The highest BCUT2D eigenvalue weighted by Gasteiger charge is 2.20. The van der Waals surface area contributed by atoms with E-state index in [1.54, 1.807) is 20.3 Å². The molecule has 0 fully saturated rings. The van der Waals surface area contributed by atoms with E-state index in [1.807, 2.05) is 0 Å². The summed E-state index contributed by atoms with van der Waals surface area (Å²) < 4.78 is 10.3. The molecule has 0 saturated carbocycles. The number of aldehydes is 1. The van der Waals surface area contributed by atoms with Crippen LogP contribution in [0, 0.1) is 5.92 Å². The van der Waals surface area contributed by atoms with Crippen LogP contribution in [-0.2, 0) is 4.79 Å². The van der Waals surface area contributed by atoms with Crippen LogP contribution in [0.25, 0.3) is 0 Å². The molecule has 6 heteroatoms. The first kappa shape index (κ1) is 19.7. The molecule has 1 rings (SSSR count). The van der Waals surface area contributed by atoms with Gasteiger partial charge in [0, 0.05) is 0 Å². The first-order chi connectivity index (χ1) is 11.1. The molecule has 1 aromatic heterocycles. The fourth-order valence-electron chi connectivity index (χ4n) is 2.28. The summed E-state index contributed by atoms with van der Waals surface area (Å²) in [4.78, 5) is 20.0. The summed E-state index contributed by atoms with van der Waals surface area (Å²) in [6.07, 6.45) is 8.25. The van der Waals surface area contributed by atoms with Crippen molar-refractivity contribution in [3.63, 3.8) is 0 Å². The molecule has 1 aromatic rings. The lowest BCUT2D eigenvalue weighted by atomic mass is 9.99. The van der Waals surface area contributed by atoms with Crippen molar-refractivity contribution in [2.45, 2.75) is 62.8 Å². The first-order valence-electron chi connectivity index (χ1n) is 8.23. The normalized spacial score (nSPS) is 13.4. The maximum atomic E-state index is 11.5. The zero-order chi connectivity index (χ0) is 17.1. The Morgan fingerprint density at radius 2 is 1.74 bits per heavy atom.